The minimum Gasteiger partial charge on any atom is -0.393 e. The van der Waals surface area contributed by atoms with E-state index in [2.05, 4.69) is 33.4 Å². The number of anilines is 2. The van der Waals surface area contributed by atoms with Gasteiger partial charge in [-0.1, -0.05) is 99.8 Å². The van der Waals surface area contributed by atoms with E-state index in [0.29, 0.717) is 79.5 Å². The van der Waals surface area contributed by atoms with E-state index in [1.807, 2.05) is 72.8 Å². The Balaban J connectivity index is 0.000000274. The summed E-state index contributed by atoms with van der Waals surface area (Å²) in [4.78, 5) is 39.1. The third kappa shape index (κ3) is 18.2. The summed E-state index contributed by atoms with van der Waals surface area (Å²) in [5.41, 5.74) is 4.74. The number of piperidine rings is 2. The van der Waals surface area contributed by atoms with Crippen molar-refractivity contribution in [3.05, 3.63) is 143 Å². The van der Waals surface area contributed by atoms with Crippen molar-refractivity contribution in [2.75, 3.05) is 48.3 Å². The highest BCUT2D eigenvalue weighted by Crippen LogP contribution is 2.33. The van der Waals surface area contributed by atoms with Gasteiger partial charge in [0, 0.05) is 56.7 Å². The highest BCUT2D eigenvalue weighted by Gasteiger charge is 2.35. The Kier molecular flexibility index (Phi) is 22.2. The van der Waals surface area contributed by atoms with E-state index in [-0.39, 0.29) is 33.1 Å². The van der Waals surface area contributed by atoms with Crippen LogP contribution in [0.1, 0.15) is 109 Å². The molecule has 7 atom stereocenters. The number of benzene rings is 4. The molecule has 2 saturated carbocycles. The number of allylic oxidation sites excluding steroid dienone is 2. The standard InChI is InChI=1S/C28H37N3O5S.C28H35N3O5S.2CH4/c2*1-31(37(2,35)36)23-15-21(11-10-19-8-9-19)14-22(17-23)28(34)30-26(16-20-6-4-3-5-7-20)27(33)25-18-24(32)12-13-29-25;;/h3-7,10-11,14-15,17,19,24-27,29,32-33H,8-9,12-13,16,18H2,1-2H3,(H,30,34);3-7,10-11,14-15,17,19,25-27,29,33H,8-9,12-13,16,18H2,1-2H3,(H,30,34);2*1H4/b2*11-10-;;. The molecule has 4 aromatic carbocycles. The molecule has 4 aromatic rings. The van der Waals surface area contributed by atoms with Crippen LogP contribution in [-0.2, 0) is 37.7 Å². The number of hydrogen-bond acceptors (Lipinski definition) is 12. The highest BCUT2D eigenvalue weighted by molar-refractivity contribution is 7.92. The van der Waals surface area contributed by atoms with Crippen LogP contribution in [0.25, 0.3) is 12.2 Å². The number of Topliss-reactive ketones (excluding diaryl/α,β-unsaturated/α-hetero) is 1. The zero-order valence-electron chi connectivity index (χ0n) is 42.6. The van der Waals surface area contributed by atoms with Crippen LogP contribution in [0.2, 0.25) is 0 Å². The third-order valence-electron chi connectivity index (χ3n) is 14.0. The Morgan fingerprint density at radius 1 is 0.645 bits per heavy atom. The molecule has 7 unspecified atom stereocenters. The fourth-order valence-corrected chi connectivity index (χ4v) is 10.1. The molecule has 0 bridgehead atoms. The summed E-state index contributed by atoms with van der Waals surface area (Å²) in [6.07, 6.45) is 14.8. The molecule has 8 rings (SSSR count). The summed E-state index contributed by atoms with van der Waals surface area (Å²) in [5.74, 6) is 0.297. The third-order valence-corrected chi connectivity index (χ3v) is 16.5. The van der Waals surface area contributed by atoms with Crippen molar-refractivity contribution in [1.82, 2.24) is 21.3 Å². The van der Waals surface area contributed by atoms with Gasteiger partial charge in [-0.2, -0.15) is 0 Å². The lowest BCUT2D eigenvalue weighted by Crippen LogP contribution is -2.56. The second-order valence-electron chi connectivity index (χ2n) is 20.3. The molecule has 76 heavy (non-hydrogen) atoms. The van der Waals surface area contributed by atoms with Crippen molar-refractivity contribution >= 4 is 61.2 Å². The average Bonchev–Trinajstić information content (AvgIpc) is 4.34. The van der Waals surface area contributed by atoms with Gasteiger partial charge in [0.2, 0.25) is 20.0 Å². The number of rotatable bonds is 20. The van der Waals surface area contributed by atoms with Gasteiger partial charge in [0.15, 0.2) is 0 Å². The Bertz CT molecular complexity index is 2860. The van der Waals surface area contributed by atoms with E-state index in [0.717, 1.165) is 69.1 Å². The van der Waals surface area contributed by atoms with E-state index in [9.17, 15) is 46.5 Å². The van der Waals surface area contributed by atoms with Crippen molar-refractivity contribution in [3.63, 3.8) is 0 Å². The topological polar surface area (TPSA) is 235 Å². The van der Waals surface area contributed by atoms with Gasteiger partial charge in [-0.25, -0.2) is 16.8 Å². The molecule has 0 aromatic heterocycles. The van der Waals surface area contributed by atoms with Gasteiger partial charge in [0.05, 0.1) is 54.3 Å². The van der Waals surface area contributed by atoms with Crippen LogP contribution in [0.4, 0.5) is 11.4 Å². The second kappa shape index (κ2) is 27.5. The van der Waals surface area contributed by atoms with Crippen LogP contribution in [0.3, 0.4) is 0 Å². The number of aliphatic hydroxyl groups is 3. The van der Waals surface area contributed by atoms with E-state index in [1.54, 1.807) is 36.4 Å². The predicted molar refractivity (Wildman–Crippen MR) is 304 cm³/mol. The molecule has 4 fully saturated rings. The van der Waals surface area contributed by atoms with Crippen molar-refractivity contribution in [3.8, 4) is 0 Å². The summed E-state index contributed by atoms with van der Waals surface area (Å²) >= 11 is 0. The highest BCUT2D eigenvalue weighted by atomic mass is 32.2. The second-order valence-corrected chi connectivity index (χ2v) is 24.3. The fraction of sp³-hybridized carbons (Fsp3) is 0.466. The zero-order valence-corrected chi connectivity index (χ0v) is 44.3. The largest absolute Gasteiger partial charge is 0.393 e. The Labute approximate surface area is 451 Å². The number of amides is 2. The number of sulfonamides is 2. The number of nitrogens with zero attached hydrogens (tertiary/aromatic N) is 2. The molecule has 2 saturated heterocycles. The molecule has 16 nitrogen and oxygen atoms in total. The van der Waals surface area contributed by atoms with Gasteiger partial charge in [-0.3, -0.25) is 23.0 Å². The summed E-state index contributed by atoms with van der Waals surface area (Å²) < 4.78 is 51.2. The summed E-state index contributed by atoms with van der Waals surface area (Å²) in [6.45, 7) is 1.08. The molecule has 0 spiro atoms. The van der Waals surface area contributed by atoms with Gasteiger partial charge < -0.3 is 36.6 Å². The van der Waals surface area contributed by atoms with Crippen molar-refractivity contribution in [1.29, 1.82) is 0 Å². The van der Waals surface area contributed by atoms with Gasteiger partial charge in [-0.15, -0.1) is 0 Å². The van der Waals surface area contributed by atoms with E-state index in [1.165, 1.54) is 14.1 Å². The number of aliphatic hydroxyl groups excluding tert-OH is 3. The van der Waals surface area contributed by atoms with Crippen LogP contribution < -0.4 is 29.9 Å². The van der Waals surface area contributed by atoms with E-state index < -0.39 is 68.3 Å². The van der Waals surface area contributed by atoms with E-state index >= 15 is 0 Å². The lowest BCUT2D eigenvalue weighted by Gasteiger charge is -2.35. The van der Waals surface area contributed by atoms with Gasteiger partial charge in [-0.05, 0) is 128 Å². The summed E-state index contributed by atoms with van der Waals surface area (Å²) in [7, 11) is -4.15. The molecule has 414 valence electrons. The molecule has 2 aliphatic heterocycles. The quantitative estimate of drug-likeness (QED) is 0.0531. The van der Waals surface area contributed by atoms with Crippen LogP contribution in [0.5, 0.6) is 0 Å². The molecule has 2 heterocycles. The van der Waals surface area contributed by atoms with Crippen molar-refractivity contribution < 1.29 is 46.5 Å². The van der Waals surface area contributed by atoms with Gasteiger partial charge in [0.25, 0.3) is 11.8 Å². The van der Waals surface area contributed by atoms with Gasteiger partial charge in [0.1, 0.15) is 5.78 Å². The number of hydrogen-bond donors (Lipinski definition) is 7. The summed E-state index contributed by atoms with van der Waals surface area (Å²) in [6, 6.07) is 27.1. The molecular formula is C58H80N6O10S2. The first kappa shape index (κ1) is 61.1. The van der Waals surface area contributed by atoms with Crippen LogP contribution >= 0.6 is 0 Å². The normalized spacial score (nSPS) is 20.4. The molecule has 18 heteroatoms. The minimum absolute atomic E-state index is 0. The smallest absolute Gasteiger partial charge is 0.251 e. The number of carbonyl (C=O) groups excluding carboxylic acids is 3. The molecule has 2 aliphatic carbocycles. The molecular weight excluding hydrogens is 1000 g/mol. The first-order valence-electron chi connectivity index (χ1n) is 25.5. The SMILES string of the molecule is C.C.CN(c1cc(/C=C\C2CC2)cc(C(=O)NC(Cc2ccccc2)C(O)C2CC(=O)CCN2)c1)S(C)(=O)=O.CN(c1cc(/C=C\C2CC2)cc(C(=O)NC(Cc2ccccc2)C(O)C2CC(O)CCN2)c1)S(C)(=O)=O. The maximum atomic E-state index is 13.5. The monoisotopic (exact) mass is 1080 g/mol. The van der Waals surface area contributed by atoms with Crippen LogP contribution in [-0.4, -0.2) is 132 Å². The maximum absolute atomic E-state index is 13.5. The predicted octanol–water partition coefficient (Wildman–Crippen LogP) is 6.12. The number of nitrogens with one attached hydrogen (secondary N) is 4. The van der Waals surface area contributed by atoms with E-state index in [4.69, 9.17) is 0 Å². The molecule has 4 aliphatic rings. The van der Waals surface area contributed by atoms with Crippen LogP contribution in [0.15, 0.2) is 109 Å². The molecule has 0 radical (unpaired) electrons. The number of carbonyl (C=O) groups is 3. The lowest BCUT2D eigenvalue weighted by molar-refractivity contribution is -0.121. The Morgan fingerprint density at radius 2 is 1.07 bits per heavy atom. The van der Waals surface area contributed by atoms with Crippen molar-refractivity contribution in [2.45, 2.75) is 122 Å². The minimum atomic E-state index is -3.53. The first-order valence-corrected chi connectivity index (χ1v) is 29.2. The Hall–Kier alpha value is -5.73. The number of ketones is 1. The summed E-state index contributed by atoms with van der Waals surface area (Å²) in [5, 5.41) is 45.1. The van der Waals surface area contributed by atoms with Gasteiger partial charge >= 0.3 is 0 Å². The lowest BCUT2D eigenvalue weighted by atomic mass is 9.90. The van der Waals surface area contributed by atoms with Crippen LogP contribution in [0, 0.1) is 11.8 Å². The Morgan fingerprint density at radius 3 is 1.46 bits per heavy atom. The average molecular weight is 1090 g/mol. The van der Waals surface area contributed by atoms with Crippen molar-refractivity contribution in [2.24, 2.45) is 11.8 Å². The molecule has 7 N–H and O–H groups in total. The zero-order chi connectivity index (χ0) is 53.2. The maximum Gasteiger partial charge on any atom is 0.251 e. The fourth-order valence-electron chi connectivity index (χ4n) is 9.10. The first-order chi connectivity index (χ1) is 35.2. The molecule has 2 amide bonds.